The van der Waals surface area contributed by atoms with Gasteiger partial charge in [-0.15, -0.1) is 0 Å². The molecule has 0 bridgehead atoms. The first-order valence-corrected chi connectivity index (χ1v) is 9.38. The van der Waals surface area contributed by atoms with Crippen molar-refractivity contribution in [3.05, 3.63) is 84.3 Å². The molecule has 0 fully saturated rings. The van der Waals surface area contributed by atoms with Gasteiger partial charge in [0, 0.05) is 11.6 Å². The standard InChI is InChI=1S/C22H15FN6O2/c23-15-6-3-13(4-7-15)10-29-12-27-18-20(25-11-26-21(18)29)28-22(31)16-8-5-14-2-1-9-24-17(14)19(16)30/h1-9,11-12,30H,10H2,(H,25,26,28,31). The van der Waals surface area contributed by atoms with Crippen LogP contribution >= 0.6 is 0 Å². The number of amides is 1. The topological polar surface area (TPSA) is 106 Å². The highest BCUT2D eigenvalue weighted by atomic mass is 19.1. The molecule has 3 heterocycles. The summed E-state index contributed by atoms with van der Waals surface area (Å²) < 4.78 is 14.9. The SMILES string of the molecule is O=C(Nc1ncnc2c1ncn2Cc1ccc(F)cc1)c1ccc2cccnc2c1O. The van der Waals surface area contributed by atoms with Crippen molar-refractivity contribution < 1.29 is 14.3 Å². The minimum Gasteiger partial charge on any atom is -0.505 e. The van der Waals surface area contributed by atoms with Gasteiger partial charge in [0.05, 0.1) is 18.4 Å². The molecular weight excluding hydrogens is 399 g/mol. The van der Waals surface area contributed by atoms with Gasteiger partial charge < -0.3 is 15.0 Å². The number of hydrogen-bond donors (Lipinski definition) is 2. The minimum atomic E-state index is -0.543. The summed E-state index contributed by atoms with van der Waals surface area (Å²) >= 11 is 0. The van der Waals surface area contributed by atoms with Crippen LogP contribution in [0.5, 0.6) is 5.75 Å². The zero-order chi connectivity index (χ0) is 21.4. The van der Waals surface area contributed by atoms with Gasteiger partial charge in [-0.2, -0.15) is 0 Å². The van der Waals surface area contributed by atoms with Gasteiger partial charge in [0.2, 0.25) is 0 Å². The highest BCUT2D eigenvalue weighted by molar-refractivity contribution is 6.10. The first-order chi connectivity index (χ1) is 15.1. The maximum Gasteiger partial charge on any atom is 0.260 e. The van der Waals surface area contributed by atoms with Gasteiger partial charge in [-0.3, -0.25) is 9.78 Å². The molecule has 31 heavy (non-hydrogen) atoms. The number of aromatic nitrogens is 5. The Hall–Kier alpha value is -4.40. The molecule has 0 unspecified atom stereocenters. The van der Waals surface area contributed by atoms with E-state index in [4.69, 9.17) is 0 Å². The number of carbonyl (C=O) groups is 1. The molecule has 0 aliphatic heterocycles. The van der Waals surface area contributed by atoms with Crippen LogP contribution in [0.25, 0.3) is 22.1 Å². The van der Waals surface area contributed by atoms with Crippen molar-refractivity contribution in [1.82, 2.24) is 24.5 Å². The Balaban J connectivity index is 1.46. The lowest BCUT2D eigenvalue weighted by atomic mass is 10.1. The van der Waals surface area contributed by atoms with E-state index in [1.54, 1.807) is 47.4 Å². The first-order valence-electron chi connectivity index (χ1n) is 9.38. The van der Waals surface area contributed by atoms with E-state index < -0.39 is 5.91 Å². The fraction of sp³-hybridized carbons (Fsp3) is 0.0455. The molecule has 9 heteroatoms. The zero-order valence-corrected chi connectivity index (χ0v) is 16.0. The third-order valence-electron chi connectivity index (χ3n) is 4.89. The van der Waals surface area contributed by atoms with Crippen molar-refractivity contribution >= 4 is 33.8 Å². The van der Waals surface area contributed by atoms with Gasteiger partial charge in [0.15, 0.2) is 22.7 Å². The zero-order valence-electron chi connectivity index (χ0n) is 16.0. The minimum absolute atomic E-state index is 0.0729. The van der Waals surface area contributed by atoms with Crippen molar-refractivity contribution in [3.8, 4) is 5.75 Å². The summed E-state index contributed by atoms with van der Waals surface area (Å²) in [5, 5.41) is 13.9. The summed E-state index contributed by atoms with van der Waals surface area (Å²) in [5.41, 5.74) is 2.20. The molecule has 5 aromatic rings. The van der Waals surface area contributed by atoms with E-state index in [-0.39, 0.29) is 22.9 Å². The lowest BCUT2D eigenvalue weighted by Gasteiger charge is -2.09. The number of rotatable bonds is 4. The van der Waals surface area contributed by atoms with Crippen LogP contribution in [0.2, 0.25) is 0 Å². The Labute approximate surface area is 175 Å². The Morgan fingerprint density at radius 3 is 2.68 bits per heavy atom. The maximum atomic E-state index is 13.1. The van der Waals surface area contributed by atoms with Gasteiger partial charge in [0.1, 0.15) is 17.7 Å². The number of halogens is 1. The van der Waals surface area contributed by atoms with E-state index in [2.05, 4.69) is 25.3 Å². The molecule has 0 aliphatic rings. The van der Waals surface area contributed by atoms with E-state index in [1.165, 1.54) is 24.5 Å². The van der Waals surface area contributed by atoms with Crippen LogP contribution in [0.3, 0.4) is 0 Å². The number of pyridine rings is 1. The molecule has 5 rings (SSSR count). The molecule has 2 N–H and O–H groups in total. The van der Waals surface area contributed by atoms with E-state index in [0.29, 0.717) is 23.2 Å². The van der Waals surface area contributed by atoms with Crippen molar-refractivity contribution in [3.63, 3.8) is 0 Å². The average Bonchev–Trinajstić information content (AvgIpc) is 3.19. The molecule has 3 aromatic heterocycles. The van der Waals surface area contributed by atoms with Crippen LogP contribution in [-0.4, -0.2) is 35.5 Å². The van der Waals surface area contributed by atoms with Crippen LogP contribution < -0.4 is 5.32 Å². The Morgan fingerprint density at radius 2 is 1.84 bits per heavy atom. The highest BCUT2D eigenvalue weighted by Crippen LogP contribution is 2.28. The summed E-state index contributed by atoms with van der Waals surface area (Å²) in [5.74, 6) is -0.840. The molecule has 2 aromatic carbocycles. The number of aromatic hydroxyl groups is 1. The molecular formula is C22H15FN6O2. The first kappa shape index (κ1) is 18.6. The number of benzene rings is 2. The molecule has 8 nitrogen and oxygen atoms in total. The van der Waals surface area contributed by atoms with Crippen molar-refractivity contribution in [2.45, 2.75) is 6.54 Å². The number of imidazole rings is 1. The van der Waals surface area contributed by atoms with Crippen molar-refractivity contribution in [2.75, 3.05) is 5.32 Å². The molecule has 0 saturated heterocycles. The van der Waals surface area contributed by atoms with Crippen LogP contribution in [0.15, 0.2) is 67.4 Å². The number of phenols is 1. The number of carbonyl (C=O) groups excluding carboxylic acids is 1. The van der Waals surface area contributed by atoms with Gasteiger partial charge in [-0.05, 0) is 29.8 Å². The Morgan fingerprint density at radius 1 is 1.00 bits per heavy atom. The van der Waals surface area contributed by atoms with Gasteiger partial charge in [-0.1, -0.05) is 24.3 Å². The van der Waals surface area contributed by atoms with Crippen LogP contribution in [0.1, 0.15) is 15.9 Å². The molecule has 0 radical (unpaired) electrons. The molecule has 0 aliphatic carbocycles. The molecule has 0 saturated carbocycles. The molecule has 1 amide bonds. The van der Waals surface area contributed by atoms with Crippen LogP contribution in [-0.2, 0) is 6.54 Å². The summed E-state index contributed by atoms with van der Waals surface area (Å²) in [6.07, 6.45) is 4.45. The number of anilines is 1. The maximum absolute atomic E-state index is 13.1. The van der Waals surface area contributed by atoms with E-state index in [9.17, 15) is 14.3 Å². The van der Waals surface area contributed by atoms with E-state index in [1.807, 2.05) is 0 Å². The number of fused-ring (bicyclic) bond motifs is 2. The quantitative estimate of drug-likeness (QED) is 0.466. The molecule has 0 atom stereocenters. The van der Waals surface area contributed by atoms with Crippen molar-refractivity contribution in [2.24, 2.45) is 0 Å². The third kappa shape index (κ3) is 3.42. The lowest BCUT2D eigenvalue weighted by Crippen LogP contribution is -2.14. The second-order valence-corrected chi connectivity index (χ2v) is 6.88. The smallest absolute Gasteiger partial charge is 0.260 e. The van der Waals surface area contributed by atoms with Gasteiger partial charge >= 0.3 is 0 Å². The predicted molar refractivity (Wildman–Crippen MR) is 112 cm³/mol. The normalized spacial score (nSPS) is 11.1. The van der Waals surface area contributed by atoms with Gasteiger partial charge in [-0.25, -0.2) is 19.3 Å². The number of phenolic OH excluding ortho intramolecular Hbond substituents is 1. The fourth-order valence-corrected chi connectivity index (χ4v) is 3.36. The number of nitrogens with one attached hydrogen (secondary N) is 1. The number of nitrogens with zero attached hydrogens (tertiary/aromatic N) is 5. The average molecular weight is 414 g/mol. The van der Waals surface area contributed by atoms with E-state index in [0.717, 1.165) is 10.9 Å². The van der Waals surface area contributed by atoms with E-state index >= 15 is 0 Å². The molecule has 0 spiro atoms. The summed E-state index contributed by atoms with van der Waals surface area (Å²) in [6, 6.07) is 12.9. The van der Waals surface area contributed by atoms with Gasteiger partial charge in [0.25, 0.3) is 5.91 Å². The highest BCUT2D eigenvalue weighted by Gasteiger charge is 2.18. The largest absolute Gasteiger partial charge is 0.505 e. The fourth-order valence-electron chi connectivity index (χ4n) is 3.36. The summed E-state index contributed by atoms with van der Waals surface area (Å²) in [7, 11) is 0. The Bertz CT molecular complexity index is 1430. The Kier molecular flexibility index (Phi) is 4.47. The van der Waals surface area contributed by atoms with Crippen LogP contribution in [0, 0.1) is 5.82 Å². The second-order valence-electron chi connectivity index (χ2n) is 6.88. The van der Waals surface area contributed by atoms with Crippen LogP contribution in [0.4, 0.5) is 10.2 Å². The molecule has 152 valence electrons. The lowest BCUT2D eigenvalue weighted by molar-refractivity contribution is 0.102. The summed E-state index contributed by atoms with van der Waals surface area (Å²) in [4.78, 5) is 29.7. The van der Waals surface area contributed by atoms with Crippen molar-refractivity contribution in [1.29, 1.82) is 0 Å². The second kappa shape index (κ2) is 7.45. The monoisotopic (exact) mass is 414 g/mol. The third-order valence-corrected chi connectivity index (χ3v) is 4.89. The summed E-state index contributed by atoms with van der Waals surface area (Å²) in [6.45, 7) is 0.429. The predicted octanol–water partition coefficient (Wildman–Crippen LogP) is 3.52. The number of hydrogen-bond acceptors (Lipinski definition) is 6.